The van der Waals surface area contributed by atoms with Gasteiger partial charge in [0.25, 0.3) is 0 Å². The molecule has 0 aliphatic heterocycles. The lowest BCUT2D eigenvalue weighted by molar-refractivity contribution is 0.0217. The highest BCUT2D eigenvalue weighted by molar-refractivity contribution is 4.80. The van der Waals surface area contributed by atoms with Gasteiger partial charge in [-0.05, 0) is 25.7 Å². The topological polar surface area (TPSA) is 47.3 Å². The van der Waals surface area contributed by atoms with E-state index >= 15 is 0 Å². The van der Waals surface area contributed by atoms with Gasteiger partial charge >= 0.3 is 0 Å². The highest BCUT2D eigenvalue weighted by atomic mass is 16.5. The Morgan fingerprint density at radius 3 is 2.50 bits per heavy atom. The van der Waals surface area contributed by atoms with E-state index in [2.05, 4.69) is 19.3 Å². The second kappa shape index (κ2) is 8.04. The van der Waals surface area contributed by atoms with Crippen LogP contribution in [-0.4, -0.2) is 18.8 Å². The Hall–Kier alpha value is -0.120. The summed E-state index contributed by atoms with van der Waals surface area (Å²) in [6.45, 7) is 5.05. The van der Waals surface area contributed by atoms with Gasteiger partial charge in [-0.3, -0.25) is 11.3 Å². The number of hydrogen-bond acceptors (Lipinski definition) is 3. The second-order valence-corrected chi connectivity index (χ2v) is 4.94. The van der Waals surface area contributed by atoms with E-state index in [1.54, 1.807) is 0 Å². The van der Waals surface area contributed by atoms with Crippen LogP contribution in [0.25, 0.3) is 0 Å². The zero-order valence-corrected chi connectivity index (χ0v) is 10.9. The number of ether oxygens (including phenoxy) is 1. The first kappa shape index (κ1) is 13.9. The van der Waals surface area contributed by atoms with E-state index in [0.717, 1.165) is 25.4 Å². The van der Waals surface area contributed by atoms with E-state index in [-0.39, 0.29) is 0 Å². The lowest BCUT2D eigenvalue weighted by Gasteiger charge is -2.28. The van der Waals surface area contributed by atoms with Crippen molar-refractivity contribution in [2.45, 2.75) is 70.9 Å². The van der Waals surface area contributed by atoms with Crippen molar-refractivity contribution in [3.05, 3.63) is 0 Å². The number of nitrogens with one attached hydrogen (secondary N) is 1. The Labute approximate surface area is 100 Å². The van der Waals surface area contributed by atoms with Gasteiger partial charge in [0, 0.05) is 12.6 Å². The number of hydrogen-bond donors (Lipinski definition) is 2. The molecule has 1 fully saturated rings. The average Bonchev–Trinajstić information content (AvgIpc) is 2.78. The average molecular weight is 228 g/mol. The van der Waals surface area contributed by atoms with E-state index in [1.807, 2.05) is 0 Å². The van der Waals surface area contributed by atoms with Crippen LogP contribution in [0.4, 0.5) is 0 Å². The molecule has 1 saturated carbocycles. The lowest BCUT2D eigenvalue weighted by Crippen LogP contribution is -2.46. The molecular formula is C13H28N2O. The summed E-state index contributed by atoms with van der Waals surface area (Å²) >= 11 is 0. The fraction of sp³-hybridized carbons (Fsp3) is 1.00. The predicted octanol–water partition coefficient (Wildman–Crippen LogP) is 2.60. The molecule has 3 N–H and O–H groups in total. The predicted molar refractivity (Wildman–Crippen MR) is 68.0 cm³/mol. The maximum Gasteiger partial charge on any atom is 0.0741 e. The molecule has 0 aromatic rings. The van der Waals surface area contributed by atoms with Gasteiger partial charge < -0.3 is 4.74 Å². The van der Waals surface area contributed by atoms with Crippen molar-refractivity contribution >= 4 is 0 Å². The molecule has 0 spiro atoms. The Morgan fingerprint density at radius 1 is 1.31 bits per heavy atom. The van der Waals surface area contributed by atoms with Crippen LogP contribution in [0.15, 0.2) is 0 Å². The molecule has 1 aliphatic rings. The largest absolute Gasteiger partial charge is 0.377 e. The Bertz CT molecular complexity index is 163. The first-order chi connectivity index (χ1) is 7.81. The summed E-state index contributed by atoms with van der Waals surface area (Å²) < 4.78 is 5.80. The summed E-state index contributed by atoms with van der Waals surface area (Å²) in [5.41, 5.74) is 2.97. The van der Waals surface area contributed by atoms with Crippen molar-refractivity contribution in [1.82, 2.24) is 5.43 Å². The van der Waals surface area contributed by atoms with Crippen molar-refractivity contribution in [3.63, 3.8) is 0 Å². The molecule has 0 amide bonds. The van der Waals surface area contributed by atoms with Crippen LogP contribution in [0, 0.1) is 5.92 Å². The lowest BCUT2D eigenvalue weighted by atomic mass is 9.93. The zero-order chi connectivity index (χ0) is 11.8. The normalized spacial score (nSPS) is 21.2. The monoisotopic (exact) mass is 228 g/mol. The molecule has 2 atom stereocenters. The number of rotatable bonds is 8. The molecule has 0 radical (unpaired) electrons. The quantitative estimate of drug-likeness (QED) is 0.496. The van der Waals surface area contributed by atoms with E-state index < -0.39 is 0 Å². The molecule has 2 unspecified atom stereocenters. The SMILES string of the molecule is CCCC(OCC)C(CC1CCCC1)NN. The van der Waals surface area contributed by atoms with Crippen LogP contribution in [0.2, 0.25) is 0 Å². The molecule has 0 heterocycles. The molecule has 0 saturated heterocycles. The third-order valence-corrected chi connectivity index (χ3v) is 3.68. The molecule has 1 rings (SSSR count). The molecule has 1 aliphatic carbocycles. The standard InChI is InChI=1S/C13H28N2O/c1-3-7-13(16-4-2)12(15-14)10-11-8-5-6-9-11/h11-13,15H,3-10,14H2,1-2H3. The molecular weight excluding hydrogens is 200 g/mol. The smallest absolute Gasteiger partial charge is 0.0741 e. The first-order valence-electron chi connectivity index (χ1n) is 6.89. The number of hydrazine groups is 1. The summed E-state index contributed by atoms with van der Waals surface area (Å²) in [6.07, 6.45) is 9.29. The fourth-order valence-corrected chi connectivity index (χ4v) is 2.83. The van der Waals surface area contributed by atoms with Gasteiger partial charge in [0.1, 0.15) is 0 Å². The number of nitrogens with two attached hydrogens (primary N) is 1. The van der Waals surface area contributed by atoms with Crippen molar-refractivity contribution in [2.75, 3.05) is 6.61 Å². The first-order valence-corrected chi connectivity index (χ1v) is 6.89. The Balaban J connectivity index is 2.40. The van der Waals surface area contributed by atoms with Crippen LogP contribution >= 0.6 is 0 Å². The van der Waals surface area contributed by atoms with Gasteiger partial charge in [0.2, 0.25) is 0 Å². The van der Waals surface area contributed by atoms with Gasteiger partial charge in [0.15, 0.2) is 0 Å². The maximum atomic E-state index is 5.80. The van der Waals surface area contributed by atoms with Crippen molar-refractivity contribution in [3.8, 4) is 0 Å². The molecule has 96 valence electrons. The van der Waals surface area contributed by atoms with Crippen LogP contribution in [-0.2, 0) is 4.74 Å². The van der Waals surface area contributed by atoms with Gasteiger partial charge in [-0.2, -0.15) is 0 Å². The molecule has 0 aromatic carbocycles. The summed E-state index contributed by atoms with van der Waals surface area (Å²) in [5.74, 6) is 6.54. The van der Waals surface area contributed by atoms with E-state index in [1.165, 1.54) is 32.1 Å². The van der Waals surface area contributed by atoms with E-state index in [4.69, 9.17) is 10.6 Å². The minimum absolute atomic E-state index is 0.292. The second-order valence-electron chi connectivity index (χ2n) is 4.94. The van der Waals surface area contributed by atoms with Crippen LogP contribution in [0.5, 0.6) is 0 Å². The molecule has 3 nitrogen and oxygen atoms in total. The summed E-state index contributed by atoms with van der Waals surface area (Å²) in [6, 6.07) is 0.336. The minimum Gasteiger partial charge on any atom is -0.377 e. The summed E-state index contributed by atoms with van der Waals surface area (Å²) in [7, 11) is 0. The van der Waals surface area contributed by atoms with Crippen molar-refractivity contribution in [2.24, 2.45) is 11.8 Å². The molecule has 3 heteroatoms. The van der Waals surface area contributed by atoms with Crippen molar-refractivity contribution in [1.29, 1.82) is 0 Å². The van der Waals surface area contributed by atoms with Gasteiger partial charge in [-0.25, -0.2) is 0 Å². The summed E-state index contributed by atoms with van der Waals surface area (Å²) in [4.78, 5) is 0. The Morgan fingerprint density at radius 2 is 2.00 bits per heavy atom. The Kier molecular flexibility index (Phi) is 7.01. The van der Waals surface area contributed by atoms with Gasteiger partial charge in [-0.15, -0.1) is 0 Å². The van der Waals surface area contributed by atoms with Crippen molar-refractivity contribution < 1.29 is 4.74 Å². The molecule has 16 heavy (non-hydrogen) atoms. The van der Waals surface area contributed by atoms with E-state index in [0.29, 0.717) is 12.1 Å². The third-order valence-electron chi connectivity index (χ3n) is 3.68. The minimum atomic E-state index is 0.292. The van der Waals surface area contributed by atoms with Gasteiger partial charge in [0.05, 0.1) is 6.10 Å². The summed E-state index contributed by atoms with van der Waals surface area (Å²) in [5, 5.41) is 0. The van der Waals surface area contributed by atoms with E-state index in [9.17, 15) is 0 Å². The third kappa shape index (κ3) is 4.40. The molecule has 0 aromatic heterocycles. The van der Waals surface area contributed by atoms with Crippen LogP contribution in [0.1, 0.15) is 58.8 Å². The molecule has 0 bridgehead atoms. The van der Waals surface area contributed by atoms with Crippen LogP contribution < -0.4 is 11.3 Å². The van der Waals surface area contributed by atoms with Gasteiger partial charge in [-0.1, -0.05) is 39.0 Å². The van der Waals surface area contributed by atoms with Crippen LogP contribution in [0.3, 0.4) is 0 Å². The highest BCUT2D eigenvalue weighted by Gasteiger charge is 2.25. The zero-order valence-electron chi connectivity index (χ0n) is 10.9. The maximum absolute atomic E-state index is 5.80. The fourth-order valence-electron chi connectivity index (χ4n) is 2.83. The highest BCUT2D eigenvalue weighted by Crippen LogP contribution is 2.29.